The third-order valence-corrected chi connectivity index (χ3v) is 5.33. The van der Waals surface area contributed by atoms with Gasteiger partial charge in [0.2, 0.25) is 5.91 Å². The number of hydrogen-bond acceptors (Lipinski definition) is 4. The first kappa shape index (κ1) is 18.6. The van der Waals surface area contributed by atoms with Gasteiger partial charge in [0.1, 0.15) is 17.8 Å². The van der Waals surface area contributed by atoms with Gasteiger partial charge in [-0.3, -0.25) is 9.59 Å². The van der Waals surface area contributed by atoms with E-state index in [9.17, 15) is 9.59 Å². The van der Waals surface area contributed by atoms with Gasteiger partial charge in [0, 0.05) is 23.6 Å². The van der Waals surface area contributed by atoms with Gasteiger partial charge < -0.3 is 14.6 Å². The van der Waals surface area contributed by atoms with Crippen LogP contribution in [0.1, 0.15) is 30.5 Å². The van der Waals surface area contributed by atoms with Gasteiger partial charge in [-0.05, 0) is 43.9 Å². The zero-order valence-corrected chi connectivity index (χ0v) is 16.3. The van der Waals surface area contributed by atoms with Crippen molar-refractivity contribution in [3.05, 3.63) is 57.2 Å². The normalized spacial score (nSPS) is 13.8. The third kappa shape index (κ3) is 3.49. The van der Waals surface area contributed by atoms with Crippen LogP contribution < -0.4 is 15.6 Å². The highest BCUT2D eigenvalue weighted by molar-refractivity contribution is 6.32. The molecular weight excluding hydrogens is 380 g/mol. The molecule has 0 fully saturated rings. The van der Waals surface area contributed by atoms with Gasteiger partial charge >= 0.3 is 0 Å². The van der Waals surface area contributed by atoms with Gasteiger partial charge in [0.15, 0.2) is 0 Å². The zero-order chi connectivity index (χ0) is 19.7. The number of methoxy groups -OCH3 is 1. The van der Waals surface area contributed by atoms with Crippen molar-refractivity contribution in [1.29, 1.82) is 0 Å². The molecule has 2 aromatic heterocycles. The van der Waals surface area contributed by atoms with E-state index in [4.69, 9.17) is 16.3 Å². The third-order valence-electron chi connectivity index (χ3n) is 5.03. The molecule has 0 saturated heterocycles. The Kier molecular flexibility index (Phi) is 5.09. The largest absolute Gasteiger partial charge is 0.495 e. The quantitative estimate of drug-likeness (QED) is 0.683. The summed E-state index contributed by atoms with van der Waals surface area (Å²) in [5.74, 6) is 0.223. The molecule has 3 aromatic rings. The molecule has 0 unspecified atom stereocenters. The van der Waals surface area contributed by atoms with Crippen LogP contribution in [0, 0.1) is 0 Å². The molecule has 0 bridgehead atoms. The number of benzene rings is 1. The summed E-state index contributed by atoms with van der Waals surface area (Å²) in [5.41, 5.74) is 2.97. The number of rotatable bonds is 4. The van der Waals surface area contributed by atoms with E-state index in [1.54, 1.807) is 35.1 Å². The number of hydrogen-bond donors (Lipinski definition) is 1. The van der Waals surface area contributed by atoms with E-state index in [1.807, 2.05) is 0 Å². The maximum Gasteiger partial charge on any atom is 0.277 e. The predicted molar refractivity (Wildman–Crippen MR) is 107 cm³/mol. The first-order chi connectivity index (χ1) is 13.6. The van der Waals surface area contributed by atoms with Gasteiger partial charge in [-0.25, -0.2) is 4.52 Å². The number of amides is 1. The lowest BCUT2D eigenvalue weighted by molar-refractivity contribution is -0.116. The molecule has 28 heavy (non-hydrogen) atoms. The molecule has 0 saturated carbocycles. The molecule has 0 radical (unpaired) electrons. The summed E-state index contributed by atoms with van der Waals surface area (Å²) in [7, 11) is 1.53. The standard InChI is InChI=1S/C20H21ClN4O3/c1-28-17-8-7-13(11-15(17)21)22-18(26)12-24-9-10-25-19(20(24)27)14-5-3-2-4-6-16(14)23-25/h7-11H,2-6,12H2,1H3,(H,22,26). The van der Waals surface area contributed by atoms with Crippen LogP contribution >= 0.6 is 11.6 Å². The van der Waals surface area contributed by atoms with E-state index in [0.29, 0.717) is 22.0 Å². The number of carbonyl (C=O) groups excluding carboxylic acids is 1. The van der Waals surface area contributed by atoms with E-state index in [0.717, 1.165) is 43.4 Å². The highest BCUT2D eigenvalue weighted by Gasteiger charge is 2.19. The van der Waals surface area contributed by atoms with Crippen LogP contribution in [0.3, 0.4) is 0 Å². The molecule has 7 nitrogen and oxygen atoms in total. The average molecular weight is 401 g/mol. The summed E-state index contributed by atoms with van der Waals surface area (Å²) in [6, 6.07) is 4.99. The second-order valence-corrected chi connectivity index (χ2v) is 7.31. The van der Waals surface area contributed by atoms with Crippen LogP contribution in [-0.2, 0) is 24.2 Å². The Bertz CT molecular complexity index is 1100. The number of fused-ring (bicyclic) bond motifs is 3. The van der Waals surface area contributed by atoms with Crippen LogP contribution in [0.4, 0.5) is 5.69 Å². The Morgan fingerprint density at radius 1 is 1.25 bits per heavy atom. The summed E-state index contributed by atoms with van der Waals surface area (Å²) in [5, 5.41) is 7.73. The maximum absolute atomic E-state index is 13.0. The molecule has 0 spiro atoms. The SMILES string of the molecule is COc1ccc(NC(=O)Cn2ccn3nc4c(c3c2=O)CCCCC4)cc1Cl. The average Bonchev–Trinajstić information content (AvgIpc) is 2.86. The molecule has 1 aliphatic carbocycles. The summed E-state index contributed by atoms with van der Waals surface area (Å²) in [4.78, 5) is 25.4. The van der Waals surface area contributed by atoms with E-state index in [1.165, 1.54) is 11.7 Å². The summed E-state index contributed by atoms with van der Waals surface area (Å²) in [6.07, 6.45) is 8.39. The van der Waals surface area contributed by atoms with E-state index >= 15 is 0 Å². The van der Waals surface area contributed by atoms with Crippen LogP contribution in [0.15, 0.2) is 35.4 Å². The molecule has 146 valence electrons. The number of carbonyl (C=O) groups is 1. The fourth-order valence-corrected chi connectivity index (χ4v) is 3.91. The first-order valence-corrected chi connectivity index (χ1v) is 9.67. The van der Waals surface area contributed by atoms with Gasteiger partial charge in [0.25, 0.3) is 5.56 Å². The van der Waals surface area contributed by atoms with Crippen LogP contribution in [-0.4, -0.2) is 27.2 Å². The molecule has 1 aromatic carbocycles. The number of aryl methyl sites for hydroxylation is 2. The Hall–Kier alpha value is -2.80. The Morgan fingerprint density at radius 3 is 2.86 bits per heavy atom. The van der Waals surface area contributed by atoms with Crippen molar-refractivity contribution < 1.29 is 9.53 Å². The summed E-state index contributed by atoms with van der Waals surface area (Å²) >= 11 is 6.09. The van der Waals surface area contributed by atoms with Crippen LogP contribution in [0.2, 0.25) is 5.02 Å². The molecular formula is C20H21ClN4O3. The fourth-order valence-electron chi connectivity index (χ4n) is 3.66. The van der Waals surface area contributed by atoms with Crippen molar-refractivity contribution in [3.8, 4) is 5.75 Å². The van der Waals surface area contributed by atoms with Crippen molar-refractivity contribution >= 4 is 28.7 Å². The zero-order valence-electron chi connectivity index (χ0n) is 15.6. The molecule has 8 heteroatoms. The maximum atomic E-state index is 13.0. The second kappa shape index (κ2) is 7.67. The van der Waals surface area contributed by atoms with Crippen LogP contribution in [0.5, 0.6) is 5.75 Å². The lowest BCUT2D eigenvalue weighted by Crippen LogP contribution is -2.28. The van der Waals surface area contributed by atoms with E-state index < -0.39 is 0 Å². The number of aromatic nitrogens is 3. The first-order valence-electron chi connectivity index (χ1n) is 9.30. The van der Waals surface area contributed by atoms with Crippen molar-refractivity contribution in [1.82, 2.24) is 14.2 Å². The van der Waals surface area contributed by atoms with Crippen LogP contribution in [0.25, 0.3) is 5.52 Å². The molecule has 0 aliphatic heterocycles. The summed E-state index contributed by atoms with van der Waals surface area (Å²) < 4.78 is 8.17. The number of nitrogens with zero attached hydrogens (tertiary/aromatic N) is 3. The smallest absolute Gasteiger partial charge is 0.277 e. The molecule has 0 atom stereocenters. The van der Waals surface area contributed by atoms with Crippen molar-refractivity contribution in [2.24, 2.45) is 0 Å². The highest BCUT2D eigenvalue weighted by atomic mass is 35.5. The predicted octanol–water partition coefficient (Wildman–Crippen LogP) is 3.07. The highest BCUT2D eigenvalue weighted by Crippen LogP contribution is 2.27. The Labute approximate surface area is 166 Å². The lowest BCUT2D eigenvalue weighted by atomic mass is 10.1. The van der Waals surface area contributed by atoms with Crippen molar-refractivity contribution in [3.63, 3.8) is 0 Å². The summed E-state index contributed by atoms with van der Waals surface area (Å²) in [6.45, 7) is -0.0844. The number of nitrogens with one attached hydrogen (secondary N) is 1. The van der Waals surface area contributed by atoms with E-state index in [-0.39, 0.29) is 18.0 Å². The van der Waals surface area contributed by atoms with Gasteiger partial charge in [-0.1, -0.05) is 18.0 Å². The number of anilines is 1. The van der Waals surface area contributed by atoms with Gasteiger partial charge in [0.05, 0.1) is 17.8 Å². The van der Waals surface area contributed by atoms with Gasteiger partial charge in [-0.2, -0.15) is 5.10 Å². The Morgan fingerprint density at radius 2 is 2.07 bits per heavy atom. The van der Waals surface area contributed by atoms with Crippen molar-refractivity contribution in [2.45, 2.75) is 38.6 Å². The monoisotopic (exact) mass is 400 g/mol. The van der Waals surface area contributed by atoms with E-state index in [2.05, 4.69) is 10.4 Å². The second-order valence-electron chi connectivity index (χ2n) is 6.91. The Balaban J connectivity index is 1.58. The molecule has 4 rings (SSSR count). The molecule has 1 N–H and O–H groups in total. The number of ether oxygens (including phenoxy) is 1. The van der Waals surface area contributed by atoms with Crippen molar-refractivity contribution in [2.75, 3.05) is 12.4 Å². The minimum atomic E-state index is -0.307. The molecule has 1 amide bonds. The minimum absolute atomic E-state index is 0.0844. The minimum Gasteiger partial charge on any atom is -0.495 e. The topological polar surface area (TPSA) is 77.6 Å². The lowest BCUT2D eigenvalue weighted by Gasteiger charge is -2.10. The fraction of sp³-hybridized carbons (Fsp3) is 0.350. The molecule has 1 aliphatic rings. The number of halogens is 1. The molecule has 2 heterocycles. The van der Waals surface area contributed by atoms with Gasteiger partial charge in [-0.15, -0.1) is 0 Å².